The first kappa shape index (κ1) is 11.4. The summed E-state index contributed by atoms with van der Waals surface area (Å²) >= 11 is 0. The summed E-state index contributed by atoms with van der Waals surface area (Å²) in [7, 11) is 0. The maximum atomic E-state index is 5.91. The molecule has 86 valence electrons. The van der Waals surface area contributed by atoms with E-state index < -0.39 is 0 Å². The van der Waals surface area contributed by atoms with Gasteiger partial charge in [-0.1, -0.05) is 42.0 Å². The summed E-state index contributed by atoms with van der Waals surface area (Å²) in [5.74, 6) is 0. The lowest BCUT2D eigenvalue weighted by atomic mass is 10.0. The lowest BCUT2D eigenvalue weighted by Crippen LogP contribution is -2.36. The highest BCUT2D eigenvalue weighted by molar-refractivity contribution is 5.20. The standard InChI is InChI=1S/C14H20N2/c1-12-7-9-16(10-8-12)14(11-15)13-5-3-2-4-6-13/h2-7,14H,8-11,15H2,1H3. The fourth-order valence-corrected chi connectivity index (χ4v) is 2.24. The lowest BCUT2D eigenvalue weighted by Gasteiger charge is -2.33. The summed E-state index contributed by atoms with van der Waals surface area (Å²) in [5.41, 5.74) is 8.74. The Balaban J connectivity index is 2.12. The average molecular weight is 216 g/mol. The molecule has 0 radical (unpaired) electrons. The molecule has 0 aliphatic carbocycles. The van der Waals surface area contributed by atoms with Crippen molar-refractivity contribution in [2.75, 3.05) is 19.6 Å². The molecule has 1 aromatic rings. The minimum Gasteiger partial charge on any atom is -0.329 e. The number of rotatable bonds is 3. The van der Waals surface area contributed by atoms with Crippen LogP contribution in [0.4, 0.5) is 0 Å². The second-order valence-corrected chi connectivity index (χ2v) is 4.46. The molecule has 0 amide bonds. The Labute approximate surface area is 97.8 Å². The first-order valence-corrected chi connectivity index (χ1v) is 5.96. The summed E-state index contributed by atoms with van der Waals surface area (Å²) in [5, 5.41) is 0. The van der Waals surface area contributed by atoms with Gasteiger partial charge in [-0.2, -0.15) is 0 Å². The molecule has 1 heterocycles. The van der Waals surface area contributed by atoms with E-state index in [1.807, 2.05) is 0 Å². The molecule has 1 aliphatic rings. The van der Waals surface area contributed by atoms with Crippen molar-refractivity contribution in [1.82, 2.24) is 4.90 Å². The summed E-state index contributed by atoms with van der Waals surface area (Å²) in [6.07, 6.45) is 3.48. The summed E-state index contributed by atoms with van der Waals surface area (Å²) in [4.78, 5) is 2.46. The highest BCUT2D eigenvalue weighted by atomic mass is 15.2. The Morgan fingerprint density at radius 2 is 2.06 bits per heavy atom. The predicted molar refractivity (Wildman–Crippen MR) is 68.2 cm³/mol. The van der Waals surface area contributed by atoms with E-state index in [0.717, 1.165) is 13.1 Å². The average Bonchev–Trinajstić information content (AvgIpc) is 2.34. The van der Waals surface area contributed by atoms with E-state index in [4.69, 9.17) is 5.73 Å². The van der Waals surface area contributed by atoms with Gasteiger partial charge in [-0.15, -0.1) is 0 Å². The zero-order valence-electron chi connectivity index (χ0n) is 9.89. The largest absolute Gasteiger partial charge is 0.329 e. The van der Waals surface area contributed by atoms with Crippen molar-refractivity contribution in [2.45, 2.75) is 19.4 Å². The topological polar surface area (TPSA) is 29.3 Å². The molecule has 0 saturated heterocycles. The zero-order chi connectivity index (χ0) is 11.4. The molecule has 0 saturated carbocycles. The third-order valence-corrected chi connectivity index (χ3v) is 3.32. The Morgan fingerprint density at radius 1 is 1.31 bits per heavy atom. The number of hydrogen-bond donors (Lipinski definition) is 1. The first-order chi connectivity index (χ1) is 7.81. The molecular formula is C14H20N2. The molecule has 1 unspecified atom stereocenters. The Morgan fingerprint density at radius 3 is 2.62 bits per heavy atom. The van der Waals surface area contributed by atoms with Crippen molar-refractivity contribution in [3.8, 4) is 0 Å². The number of nitrogens with two attached hydrogens (primary N) is 1. The van der Waals surface area contributed by atoms with Crippen LogP contribution >= 0.6 is 0 Å². The maximum Gasteiger partial charge on any atom is 0.0473 e. The van der Waals surface area contributed by atoms with Crippen LogP contribution in [-0.2, 0) is 0 Å². The van der Waals surface area contributed by atoms with Crippen LogP contribution in [0.1, 0.15) is 24.9 Å². The van der Waals surface area contributed by atoms with Crippen molar-refractivity contribution in [3.05, 3.63) is 47.5 Å². The van der Waals surface area contributed by atoms with E-state index in [-0.39, 0.29) is 0 Å². The van der Waals surface area contributed by atoms with Crippen LogP contribution in [0.2, 0.25) is 0 Å². The molecule has 2 heteroatoms. The molecule has 1 aliphatic heterocycles. The molecule has 1 atom stereocenters. The number of nitrogens with zero attached hydrogens (tertiary/aromatic N) is 1. The third kappa shape index (κ3) is 2.52. The van der Waals surface area contributed by atoms with Gasteiger partial charge in [-0.25, -0.2) is 0 Å². The van der Waals surface area contributed by atoms with Crippen molar-refractivity contribution in [3.63, 3.8) is 0 Å². The van der Waals surface area contributed by atoms with Crippen LogP contribution in [0.3, 0.4) is 0 Å². The Bertz CT molecular complexity index is 356. The number of benzene rings is 1. The Kier molecular flexibility index (Phi) is 3.75. The quantitative estimate of drug-likeness (QED) is 0.786. The van der Waals surface area contributed by atoms with Crippen molar-refractivity contribution in [2.24, 2.45) is 5.73 Å². The van der Waals surface area contributed by atoms with Crippen LogP contribution in [0, 0.1) is 0 Å². The van der Waals surface area contributed by atoms with Crippen LogP contribution in [-0.4, -0.2) is 24.5 Å². The van der Waals surface area contributed by atoms with E-state index in [1.54, 1.807) is 0 Å². The van der Waals surface area contributed by atoms with Gasteiger partial charge in [0.25, 0.3) is 0 Å². The SMILES string of the molecule is CC1=CCN(C(CN)c2ccccc2)CC1. The molecule has 0 bridgehead atoms. The minimum absolute atomic E-state index is 0.366. The molecule has 16 heavy (non-hydrogen) atoms. The summed E-state index contributed by atoms with van der Waals surface area (Å²) < 4.78 is 0. The Hall–Kier alpha value is -1.12. The molecule has 2 nitrogen and oxygen atoms in total. The molecule has 0 fully saturated rings. The van der Waals surface area contributed by atoms with Crippen molar-refractivity contribution in [1.29, 1.82) is 0 Å². The van der Waals surface area contributed by atoms with Crippen LogP contribution in [0.15, 0.2) is 42.0 Å². The smallest absolute Gasteiger partial charge is 0.0473 e. The highest BCUT2D eigenvalue weighted by Gasteiger charge is 2.19. The van der Waals surface area contributed by atoms with E-state index in [1.165, 1.54) is 17.6 Å². The van der Waals surface area contributed by atoms with Gasteiger partial charge in [-0.3, -0.25) is 4.90 Å². The zero-order valence-corrected chi connectivity index (χ0v) is 9.89. The molecule has 2 rings (SSSR count). The van der Waals surface area contributed by atoms with Crippen molar-refractivity contribution < 1.29 is 0 Å². The van der Waals surface area contributed by atoms with Gasteiger partial charge < -0.3 is 5.73 Å². The van der Waals surface area contributed by atoms with Crippen LogP contribution in [0.25, 0.3) is 0 Å². The number of hydrogen-bond acceptors (Lipinski definition) is 2. The van der Waals surface area contributed by atoms with Gasteiger partial charge in [0, 0.05) is 25.7 Å². The summed E-state index contributed by atoms with van der Waals surface area (Å²) in [6, 6.07) is 10.9. The third-order valence-electron chi connectivity index (χ3n) is 3.32. The fourth-order valence-electron chi connectivity index (χ4n) is 2.24. The van der Waals surface area contributed by atoms with Crippen LogP contribution in [0.5, 0.6) is 0 Å². The van der Waals surface area contributed by atoms with Gasteiger partial charge in [0.1, 0.15) is 0 Å². The van der Waals surface area contributed by atoms with E-state index in [2.05, 4.69) is 48.2 Å². The normalized spacial score (nSPS) is 19.2. The van der Waals surface area contributed by atoms with E-state index in [9.17, 15) is 0 Å². The second kappa shape index (κ2) is 5.28. The van der Waals surface area contributed by atoms with Gasteiger partial charge in [0.2, 0.25) is 0 Å². The molecule has 2 N–H and O–H groups in total. The summed E-state index contributed by atoms with van der Waals surface area (Å²) in [6.45, 7) is 5.05. The van der Waals surface area contributed by atoms with Gasteiger partial charge in [-0.05, 0) is 18.9 Å². The molecule has 0 spiro atoms. The lowest BCUT2D eigenvalue weighted by molar-refractivity contribution is 0.217. The minimum atomic E-state index is 0.366. The van der Waals surface area contributed by atoms with Crippen LogP contribution < -0.4 is 5.73 Å². The van der Waals surface area contributed by atoms with E-state index in [0.29, 0.717) is 12.6 Å². The van der Waals surface area contributed by atoms with E-state index >= 15 is 0 Å². The molecule has 1 aromatic carbocycles. The fraction of sp³-hybridized carbons (Fsp3) is 0.429. The van der Waals surface area contributed by atoms with Gasteiger partial charge in [0.05, 0.1) is 0 Å². The molecule has 0 aromatic heterocycles. The predicted octanol–water partition coefficient (Wildman–Crippen LogP) is 2.34. The maximum absolute atomic E-state index is 5.91. The highest BCUT2D eigenvalue weighted by Crippen LogP contribution is 2.22. The van der Waals surface area contributed by atoms with Crippen molar-refractivity contribution >= 4 is 0 Å². The second-order valence-electron chi connectivity index (χ2n) is 4.46. The van der Waals surface area contributed by atoms with Gasteiger partial charge in [0.15, 0.2) is 0 Å². The molecular weight excluding hydrogens is 196 g/mol. The first-order valence-electron chi connectivity index (χ1n) is 5.96. The van der Waals surface area contributed by atoms with Gasteiger partial charge >= 0.3 is 0 Å². The monoisotopic (exact) mass is 216 g/mol.